The molecule has 21 heavy (non-hydrogen) atoms. The number of nitrogens with zero attached hydrogens (tertiary/aromatic N) is 1. The number of piperidine rings is 1. The summed E-state index contributed by atoms with van der Waals surface area (Å²) in [4.78, 5) is 2.30. The first-order chi connectivity index (χ1) is 10.1. The van der Waals surface area contributed by atoms with Crippen molar-refractivity contribution < 1.29 is 18.3 Å². The third kappa shape index (κ3) is 4.28. The van der Waals surface area contributed by atoms with Gasteiger partial charge in [-0.3, -0.25) is 4.90 Å². The lowest BCUT2D eigenvalue weighted by atomic mass is 10.0. The molecule has 1 aliphatic rings. The Labute approximate surface area is 123 Å². The fourth-order valence-corrected chi connectivity index (χ4v) is 2.78. The molecule has 2 rings (SSSR count). The van der Waals surface area contributed by atoms with Crippen LogP contribution >= 0.6 is 0 Å². The van der Waals surface area contributed by atoms with E-state index in [0.29, 0.717) is 24.9 Å². The molecule has 0 aliphatic carbocycles. The molecule has 118 valence electrons. The molecule has 1 atom stereocenters. The van der Waals surface area contributed by atoms with Gasteiger partial charge in [0.05, 0.1) is 7.11 Å². The number of benzene rings is 1. The zero-order valence-corrected chi connectivity index (χ0v) is 12.2. The smallest absolute Gasteiger partial charge is 0.387 e. The van der Waals surface area contributed by atoms with Crippen LogP contribution < -0.4 is 15.2 Å². The number of nitrogens with two attached hydrogens (primary N) is 1. The van der Waals surface area contributed by atoms with E-state index in [4.69, 9.17) is 10.5 Å². The number of methoxy groups -OCH3 is 1. The van der Waals surface area contributed by atoms with Crippen LogP contribution in [0.3, 0.4) is 0 Å². The van der Waals surface area contributed by atoms with Crippen LogP contribution in [0.2, 0.25) is 0 Å². The lowest BCUT2D eigenvalue weighted by molar-refractivity contribution is -0.0512. The second-order valence-electron chi connectivity index (χ2n) is 5.22. The number of alkyl halides is 2. The Hall–Kier alpha value is -1.40. The van der Waals surface area contributed by atoms with Crippen LogP contribution in [-0.2, 0) is 6.54 Å². The summed E-state index contributed by atoms with van der Waals surface area (Å²) in [7, 11) is 1.43. The number of likely N-dealkylation sites (tertiary alicyclic amines) is 1. The average Bonchev–Trinajstić information content (AvgIpc) is 2.47. The van der Waals surface area contributed by atoms with Crippen LogP contribution in [0.5, 0.6) is 11.5 Å². The Morgan fingerprint density at radius 2 is 2.14 bits per heavy atom. The van der Waals surface area contributed by atoms with E-state index in [-0.39, 0.29) is 5.75 Å². The molecule has 1 aliphatic heterocycles. The van der Waals surface area contributed by atoms with Crippen molar-refractivity contribution in [2.24, 2.45) is 5.73 Å². The highest BCUT2D eigenvalue weighted by molar-refractivity contribution is 5.43. The van der Waals surface area contributed by atoms with E-state index < -0.39 is 6.61 Å². The molecule has 1 fully saturated rings. The summed E-state index contributed by atoms with van der Waals surface area (Å²) in [6.45, 7) is -0.568. The Kier molecular flexibility index (Phi) is 5.76. The molecule has 1 unspecified atom stereocenters. The molecular formula is C15H22F2N2O2. The minimum absolute atomic E-state index is 0.0753. The SMILES string of the molecule is COc1ccc(CN2CCCCC2CN)cc1OC(F)F. The van der Waals surface area contributed by atoms with Gasteiger partial charge in [-0.25, -0.2) is 0 Å². The van der Waals surface area contributed by atoms with Gasteiger partial charge in [0.25, 0.3) is 0 Å². The van der Waals surface area contributed by atoms with Gasteiger partial charge in [-0.05, 0) is 37.1 Å². The van der Waals surface area contributed by atoms with Crippen molar-refractivity contribution in [2.75, 3.05) is 20.2 Å². The molecule has 0 radical (unpaired) electrons. The highest BCUT2D eigenvalue weighted by atomic mass is 19.3. The molecule has 0 saturated carbocycles. The van der Waals surface area contributed by atoms with Gasteiger partial charge in [0.15, 0.2) is 11.5 Å². The third-order valence-corrected chi connectivity index (χ3v) is 3.85. The van der Waals surface area contributed by atoms with Crippen molar-refractivity contribution in [1.29, 1.82) is 0 Å². The van der Waals surface area contributed by atoms with Crippen molar-refractivity contribution in [2.45, 2.75) is 38.5 Å². The van der Waals surface area contributed by atoms with Crippen molar-refractivity contribution >= 4 is 0 Å². The summed E-state index contributed by atoms with van der Waals surface area (Å²) >= 11 is 0. The topological polar surface area (TPSA) is 47.7 Å². The van der Waals surface area contributed by atoms with E-state index in [1.807, 2.05) is 6.07 Å². The molecule has 1 saturated heterocycles. The van der Waals surface area contributed by atoms with Crippen molar-refractivity contribution in [3.63, 3.8) is 0 Å². The number of halogens is 2. The van der Waals surface area contributed by atoms with E-state index in [1.54, 1.807) is 12.1 Å². The van der Waals surface area contributed by atoms with Crippen LogP contribution in [-0.4, -0.2) is 37.8 Å². The quantitative estimate of drug-likeness (QED) is 0.877. The van der Waals surface area contributed by atoms with Crippen LogP contribution in [0.1, 0.15) is 24.8 Å². The molecule has 0 amide bonds. The lowest BCUT2D eigenvalue weighted by Crippen LogP contribution is -2.43. The van der Waals surface area contributed by atoms with Gasteiger partial charge in [0, 0.05) is 19.1 Å². The summed E-state index contributed by atoms with van der Waals surface area (Å²) in [5.41, 5.74) is 6.73. The molecular weight excluding hydrogens is 278 g/mol. The lowest BCUT2D eigenvalue weighted by Gasteiger charge is -2.35. The van der Waals surface area contributed by atoms with Gasteiger partial charge in [-0.2, -0.15) is 8.78 Å². The third-order valence-electron chi connectivity index (χ3n) is 3.85. The van der Waals surface area contributed by atoms with E-state index >= 15 is 0 Å². The first-order valence-corrected chi connectivity index (χ1v) is 7.20. The highest BCUT2D eigenvalue weighted by Crippen LogP contribution is 2.30. The molecule has 1 aromatic rings. The maximum Gasteiger partial charge on any atom is 0.387 e. The largest absolute Gasteiger partial charge is 0.493 e. The van der Waals surface area contributed by atoms with Gasteiger partial charge >= 0.3 is 6.61 Å². The zero-order chi connectivity index (χ0) is 15.2. The highest BCUT2D eigenvalue weighted by Gasteiger charge is 2.21. The zero-order valence-electron chi connectivity index (χ0n) is 12.2. The Morgan fingerprint density at radius 1 is 1.33 bits per heavy atom. The summed E-state index contributed by atoms with van der Waals surface area (Å²) in [6, 6.07) is 5.52. The predicted octanol–water partition coefficient (Wildman–Crippen LogP) is 2.61. The summed E-state index contributed by atoms with van der Waals surface area (Å²) in [5.74, 6) is 0.388. The minimum Gasteiger partial charge on any atom is -0.493 e. The maximum absolute atomic E-state index is 12.4. The normalized spacial score (nSPS) is 19.8. The molecule has 4 nitrogen and oxygen atoms in total. The fourth-order valence-electron chi connectivity index (χ4n) is 2.78. The monoisotopic (exact) mass is 300 g/mol. The Bertz CT molecular complexity index is 457. The van der Waals surface area contributed by atoms with E-state index in [0.717, 1.165) is 24.9 Å². The molecule has 0 aromatic heterocycles. The van der Waals surface area contributed by atoms with Crippen molar-refractivity contribution in [3.8, 4) is 11.5 Å². The number of rotatable bonds is 6. The second kappa shape index (κ2) is 7.56. The van der Waals surface area contributed by atoms with Gasteiger partial charge < -0.3 is 15.2 Å². The molecule has 0 bridgehead atoms. The molecule has 1 aromatic carbocycles. The van der Waals surface area contributed by atoms with Crippen LogP contribution in [0.25, 0.3) is 0 Å². The molecule has 0 spiro atoms. The summed E-state index contributed by atoms with van der Waals surface area (Å²) < 4.78 is 34.4. The van der Waals surface area contributed by atoms with Gasteiger partial charge in [0.1, 0.15) is 0 Å². The van der Waals surface area contributed by atoms with E-state index in [9.17, 15) is 8.78 Å². The molecule has 2 N–H and O–H groups in total. The summed E-state index contributed by atoms with van der Waals surface area (Å²) in [5, 5.41) is 0. The number of hydrogen-bond acceptors (Lipinski definition) is 4. The summed E-state index contributed by atoms with van der Waals surface area (Å²) in [6.07, 6.45) is 3.43. The van der Waals surface area contributed by atoms with Crippen LogP contribution in [0.4, 0.5) is 8.78 Å². The maximum atomic E-state index is 12.4. The van der Waals surface area contributed by atoms with Gasteiger partial charge in [0.2, 0.25) is 0 Å². The Morgan fingerprint density at radius 3 is 2.81 bits per heavy atom. The number of ether oxygens (including phenoxy) is 2. The minimum atomic E-state index is -2.86. The predicted molar refractivity (Wildman–Crippen MR) is 76.7 cm³/mol. The Balaban J connectivity index is 2.12. The van der Waals surface area contributed by atoms with Crippen LogP contribution in [0, 0.1) is 0 Å². The van der Waals surface area contributed by atoms with Gasteiger partial charge in [-0.1, -0.05) is 12.5 Å². The number of hydrogen-bond donors (Lipinski definition) is 1. The average molecular weight is 300 g/mol. The molecule has 6 heteroatoms. The first kappa shape index (κ1) is 16.0. The van der Waals surface area contributed by atoms with Crippen molar-refractivity contribution in [3.05, 3.63) is 23.8 Å². The van der Waals surface area contributed by atoms with E-state index in [2.05, 4.69) is 9.64 Å². The standard InChI is InChI=1S/C15H22F2N2O2/c1-20-13-6-5-11(8-14(13)21-15(16)17)10-19-7-3-2-4-12(19)9-18/h5-6,8,12,15H,2-4,7,9-10,18H2,1H3. The van der Waals surface area contributed by atoms with Gasteiger partial charge in [-0.15, -0.1) is 0 Å². The van der Waals surface area contributed by atoms with Crippen molar-refractivity contribution in [1.82, 2.24) is 4.90 Å². The second-order valence-corrected chi connectivity index (χ2v) is 5.22. The first-order valence-electron chi connectivity index (χ1n) is 7.20. The van der Waals surface area contributed by atoms with E-state index in [1.165, 1.54) is 13.5 Å². The molecule has 1 heterocycles. The van der Waals surface area contributed by atoms with Crippen LogP contribution in [0.15, 0.2) is 18.2 Å². The fraction of sp³-hybridized carbons (Fsp3) is 0.600.